The lowest BCUT2D eigenvalue weighted by atomic mass is 9.93. The fourth-order valence-electron chi connectivity index (χ4n) is 5.46. The molecule has 1 aromatic heterocycles. The number of rotatable bonds is 5. The molecule has 3 heterocycles. The largest absolute Gasteiger partial charge is 0.342 e. The van der Waals surface area contributed by atoms with Crippen LogP contribution in [-0.2, 0) is 11.2 Å². The molecule has 6 nitrogen and oxygen atoms in total. The third-order valence-corrected chi connectivity index (χ3v) is 7.74. The van der Waals surface area contributed by atoms with Crippen LogP contribution in [0.15, 0.2) is 54.7 Å². The second-order valence-corrected chi connectivity index (χ2v) is 10.1. The molecule has 0 atom stereocenters. The Morgan fingerprint density at radius 2 is 1.58 bits per heavy atom. The third kappa shape index (κ3) is 4.95. The Bertz CT molecular complexity index is 1220. The Morgan fingerprint density at radius 3 is 2.25 bits per heavy atom. The van der Waals surface area contributed by atoms with Gasteiger partial charge >= 0.3 is 0 Å². The molecule has 2 amide bonds. The molecule has 0 unspecified atom stereocenters. The molecule has 0 radical (unpaired) electrons. The Morgan fingerprint density at radius 1 is 0.889 bits per heavy atom. The molecule has 0 bridgehead atoms. The molecular weight excluding hydrogens is 448 g/mol. The molecule has 5 rings (SSSR count). The van der Waals surface area contributed by atoms with Gasteiger partial charge in [0.1, 0.15) is 5.69 Å². The van der Waals surface area contributed by atoms with Crippen molar-refractivity contribution in [3.63, 3.8) is 0 Å². The highest BCUT2D eigenvalue weighted by atomic mass is 16.2. The van der Waals surface area contributed by atoms with Crippen molar-refractivity contribution in [2.24, 2.45) is 5.92 Å². The number of amides is 2. The molecule has 0 saturated carbocycles. The molecule has 188 valence electrons. The second-order valence-electron chi connectivity index (χ2n) is 10.1. The first-order valence-electron chi connectivity index (χ1n) is 13.4. The van der Waals surface area contributed by atoms with Gasteiger partial charge in [0.05, 0.1) is 11.3 Å². The zero-order valence-electron chi connectivity index (χ0n) is 21.4. The first kappa shape index (κ1) is 24.3. The number of nitrogens with zero attached hydrogens (tertiary/aromatic N) is 4. The van der Waals surface area contributed by atoms with Gasteiger partial charge in [0, 0.05) is 43.9 Å². The van der Waals surface area contributed by atoms with Crippen LogP contribution in [0.2, 0.25) is 0 Å². The predicted molar refractivity (Wildman–Crippen MR) is 142 cm³/mol. The molecule has 0 aliphatic carbocycles. The molecule has 2 fully saturated rings. The fourth-order valence-corrected chi connectivity index (χ4v) is 5.46. The number of benzene rings is 2. The van der Waals surface area contributed by atoms with Crippen molar-refractivity contribution in [1.29, 1.82) is 0 Å². The van der Waals surface area contributed by atoms with E-state index in [-0.39, 0.29) is 17.7 Å². The number of para-hydroxylation sites is 1. The number of aromatic nitrogens is 2. The lowest BCUT2D eigenvalue weighted by Gasteiger charge is -2.35. The first-order chi connectivity index (χ1) is 17.5. The Hall–Kier alpha value is -3.41. The number of hydrogen-bond acceptors (Lipinski definition) is 3. The number of carbonyl (C=O) groups is 2. The van der Waals surface area contributed by atoms with E-state index < -0.39 is 0 Å². The van der Waals surface area contributed by atoms with E-state index >= 15 is 0 Å². The first-order valence-corrected chi connectivity index (χ1v) is 13.4. The van der Waals surface area contributed by atoms with Gasteiger partial charge in [-0.05, 0) is 62.6 Å². The highest BCUT2D eigenvalue weighted by Gasteiger charge is 2.32. The number of likely N-dealkylation sites (tertiary alicyclic amines) is 2. The van der Waals surface area contributed by atoms with E-state index in [2.05, 4.69) is 44.2 Å². The Kier molecular flexibility index (Phi) is 7.21. The van der Waals surface area contributed by atoms with Crippen LogP contribution in [0.1, 0.15) is 60.5 Å². The van der Waals surface area contributed by atoms with Crippen molar-refractivity contribution >= 4 is 11.8 Å². The smallest absolute Gasteiger partial charge is 0.257 e. The maximum atomic E-state index is 13.8. The van der Waals surface area contributed by atoms with E-state index in [0.29, 0.717) is 24.3 Å². The molecule has 2 aliphatic heterocycles. The van der Waals surface area contributed by atoms with Gasteiger partial charge in [-0.1, -0.05) is 49.4 Å². The van der Waals surface area contributed by atoms with Crippen LogP contribution in [0.3, 0.4) is 0 Å². The topological polar surface area (TPSA) is 58.4 Å². The van der Waals surface area contributed by atoms with Gasteiger partial charge in [0.15, 0.2) is 0 Å². The number of hydrogen-bond donors (Lipinski definition) is 0. The van der Waals surface area contributed by atoms with Gasteiger partial charge in [0.25, 0.3) is 5.91 Å². The maximum Gasteiger partial charge on any atom is 0.257 e. The van der Waals surface area contributed by atoms with Crippen molar-refractivity contribution in [2.75, 3.05) is 26.2 Å². The van der Waals surface area contributed by atoms with Crippen molar-refractivity contribution in [3.05, 3.63) is 71.4 Å². The van der Waals surface area contributed by atoms with E-state index in [0.717, 1.165) is 62.0 Å². The van der Waals surface area contributed by atoms with Gasteiger partial charge < -0.3 is 9.80 Å². The molecule has 0 spiro atoms. The molecule has 2 saturated heterocycles. The van der Waals surface area contributed by atoms with Crippen LogP contribution in [0.5, 0.6) is 0 Å². The minimum atomic E-state index is -0.00623. The van der Waals surface area contributed by atoms with Crippen molar-refractivity contribution < 1.29 is 9.59 Å². The van der Waals surface area contributed by atoms with Crippen molar-refractivity contribution in [3.8, 4) is 16.9 Å². The average molecular weight is 485 g/mol. The number of piperidine rings is 2. The summed E-state index contributed by atoms with van der Waals surface area (Å²) in [5.41, 5.74) is 5.59. The van der Waals surface area contributed by atoms with Crippen LogP contribution >= 0.6 is 0 Å². The van der Waals surface area contributed by atoms with Gasteiger partial charge in [0.2, 0.25) is 5.91 Å². The SMILES string of the molecule is CCc1ccc(-c2nn(-c3ccccc3C)cc2C(=O)N2CCC(C(=O)N3CCCCC3)CC2)cc1. The van der Waals surface area contributed by atoms with E-state index in [1.54, 1.807) is 0 Å². The Labute approximate surface area is 213 Å². The minimum Gasteiger partial charge on any atom is -0.342 e. The zero-order chi connectivity index (χ0) is 25.1. The van der Waals surface area contributed by atoms with Crippen LogP contribution in [0.25, 0.3) is 16.9 Å². The molecule has 2 aliphatic rings. The lowest BCUT2D eigenvalue weighted by molar-refractivity contribution is -0.137. The second kappa shape index (κ2) is 10.7. The maximum absolute atomic E-state index is 13.8. The van der Waals surface area contributed by atoms with Crippen LogP contribution < -0.4 is 0 Å². The molecular formula is C30H36N4O2. The summed E-state index contributed by atoms with van der Waals surface area (Å²) in [6, 6.07) is 16.4. The summed E-state index contributed by atoms with van der Waals surface area (Å²) in [5, 5.41) is 4.90. The highest BCUT2D eigenvalue weighted by molar-refractivity contribution is 6.00. The average Bonchev–Trinajstić information content (AvgIpc) is 3.38. The summed E-state index contributed by atoms with van der Waals surface area (Å²) in [6.45, 7) is 7.17. The molecule has 0 N–H and O–H groups in total. The normalized spacial score (nSPS) is 16.8. The highest BCUT2D eigenvalue weighted by Crippen LogP contribution is 2.29. The van der Waals surface area contributed by atoms with E-state index in [1.807, 2.05) is 38.9 Å². The third-order valence-electron chi connectivity index (χ3n) is 7.74. The molecule has 6 heteroatoms. The van der Waals surface area contributed by atoms with Gasteiger partial charge in [-0.25, -0.2) is 4.68 Å². The monoisotopic (exact) mass is 484 g/mol. The summed E-state index contributed by atoms with van der Waals surface area (Å²) in [4.78, 5) is 30.7. The summed E-state index contributed by atoms with van der Waals surface area (Å²) in [7, 11) is 0. The van der Waals surface area contributed by atoms with Crippen molar-refractivity contribution in [1.82, 2.24) is 19.6 Å². The van der Waals surface area contributed by atoms with E-state index in [4.69, 9.17) is 5.10 Å². The zero-order valence-corrected chi connectivity index (χ0v) is 21.4. The molecule has 36 heavy (non-hydrogen) atoms. The van der Waals surface area contributed by atoms with Gasteiger partial charge in [-0.15, -0.1) is 0 Å². The summed E-state index contributed by atoms with van der Waals surface area (Å²) in [6.07, 6.45) is 7.73. The standard InChI is InChI=1S/C30H36N4O2/c1-3-23-11-13-24(14-12-23)28-26(21-34(31-28)27-10-6-5-9-22(27)2)30(36)33-19-15-25(16-20-33)29(35)32-17-7-4-8-18-32/h5-6,9-14,21,25H,3-4,7-8,15-20H2,1-2H3. The Balaban J connectivity index is 1.39. The fraction of sp³-hybridized carbons (Fsp3) is 0.433. The van der Waals surface area contributed by atoms with Gasteiger partial charge in [-0.2, -0.15) is 5.10 Å². The predicted octanol–water partition coefficient (Wildman–Crippen LogP) is 5.27. The van der Waals surface area contributed by atoms with Gasteiger partial charge in [-0.3, -0.25) is 9.59 Å². The molecule has 3 aromatic rings. The summed E-state index contributed by atoms with van der Waals surface area (Å²) >= 11 is 0. The van der Waals surface area contributed by atoms with E-state index in [1.165, 1.54) is 12.0 Å². The van der Waals surface area contributed by atoms with Crippen molar-refractivity contribution in [2.45, 2.75) is 52.4 Å². The summed E-state index contributed by atoms with van der Waals surface area (Å²) in [5.74, 6) is 0.307. The number of aryl methyl sites for hydroxylation is 2. The quantitative estimate of drug-likeness (QED) is 0.495. The van der Waals surface area contributed by atoms with Crippen LogP contribution in [-0.4, -0.2) is 57.6 Å². The molecule has 2 aromatic carbocycles. The minimum absolute atomic E-state index is 0.00623. The van der Waals surface area contributed by atoms with Crippen LogP contribution in [0.4, 0.5) is 0 Å². The summed E-state index contributed by atoms with van der Waals surface area (Å²) < 4.78 is 1.83. The van der Waals surface area contributed by atoms with E-state index in [9.17, 15) is 9.59 Å². The lowest BCUT2D eigenvalue weighted by Crippen LogP contribution is -2.45. The number of carbonyl (C=O) groups excluding carboxylic acids is 2. The van der Waals surface area contributed by atoms with Crippen LogP contribution in [0, 0.1) is 12.8 Å².